The van der Waals surface area contributed by atoms with Crippen molar-refractivity contribution in [2.45, 2.75) is 25.3 Å². The van der Waals surface area contributed by atoms with Crippen molar-refractivity contribution in [1.29, 1.82) is 0 Å². The highest BCUT2D eigenvalue weighted by atomic mass is 79.9. The van der Waals surface area contributed by atoms with Crippen LogP contribution in [0, 0.1) is 0 Å². The summed E-state index contributed by atoms with van der Waals surface area (Å²) in [4.78, 5) is 2.67. The number of hydrogen-bond donors (Lipinski definition) is 1. The average molecular weight is 295 g/mol. The van der Waals surface area contributed by atoms with Crippen LogP contribution in [0.4, 0.5) is 0 Å². The van der Waals surface area contributed by atoms with Crippen molar-refractivity contribution in [2.75, 3.05) is 26.2 Å². The number of nitrogens with one attached hydrogen (secondary N) is 1. The smallest absolute Gasteiger partial charge is 0.0178 e. The highest BCUT2D eigenvalue weighted by Gasteiger charge is 2.25. The molecule has 1 saturated heterocycles. The maximum absolute atomic E-state index is 3.58. The monoisotopic (exact) mass is 294 g/mol. The van der Waals surface area contributed by atoms with Crippen molar-refractivity contribution in [3.05, 3.63) is 33.8 Å². The minimum atomic E-state index is 0.763. The number of benzene rings is 1. The van der Waals surface area contributed by atoms with Gasteiger partial charge in [0.15, 0.2) is 0 Å². The lowest BCUT2D eigenvalue weighted by Crippen LogP contribution is -2.50. The van der Waals surface area contributed by atoms with E-state index in [1.807, 2.05) is 0 Å². The number of rotatable bonds is 1. The van der Waals surface area contributed by atoms with Gasteiger partial charge in [-0.2, -0.15) is 0 Å². The Bertz CT molecular complexity index is 399. The molecule has 92 valence electrons. The summed E-state index contributed by atoms with van der Waals surface area (Å²) in [5.41, 5.74) is 3.11. The highest BCUT2D eigenvalue weighted by Crippen LogP contribution is 2.27. The zero-order chi connectivity index (χ0) is 11.7. The van der Waals surface area contributed by atoms with Gasteiger partial charge < -0.3 is 5.32 Å². The molecule has 0 spiro atoms. The van der Waals surface area contributed by atoms with E-state index in [1.54, 1.807) is 11.1 Å². The maximum Gasteiger partial charge on any atom is 0.0178 e. The normalized spacial score (nSPS) is 25.6. The molecule has 0 bridgehead atoms. The summed E-state index contributed by atoms with van der Waals surface area (Å²) in [6.07, 6.45) is 3.81. The van der Waals surface area contributed by atoms with Gasteiger partial charge in [-0.3, -0.25) is 4.90 Å². The third kappa shape index (κ3) is 2.56. The van der Waals surface area contributed by atoms with Crippen molar-refractivity contribution in [2.24, 2.45) is 0 Å². The standard InChI is InChI=1S/C14H19BrN2/c15-13-3-1-11-2-4-14(10-12(11)9-13)17-7-5-16-6-8-17/h1,3,9,14,16H,2,4-8,10H2. The molecule has 0 aromatic heterocycles. The number of hydrogen-bond acceptors (Lipinski definition) is 2. The Hall–Kier alpha value is -0.380. The number of fused-ring (bicyclic) bond motifs is 1. The van der Waals surface area contributed by atoms with Gasteiger partial charge in [-0.1, -0.05) is 22.0 Å². The second kappa shape index (κ2) is 5.09. The summed E-state index contributed by atoms with van der Waals surface area (Å²) >= 11 is 3.58. The molecule has 1 atom stereocenters. The number of aryl methyl sites for hydroxylation is 1. The van der Waals surface area contributed by atoms with Gasteiger partial charge in [0.25, 0.3) is 0 Å². The molecule has 1 heterocycles. The third-order valence-corrected chi connectivity index (χ3v) is 4.53. The molecule has 1 aromatic rings. The number of nitrogens with zero attached hydrogens (tertiary/aromatic N) is 1. The molecular formula is C14H19BrN2. The van der Waals surface area contributed by atoms with E-state index >= 15 is 0 Å². The first-order valence-corrected chi connectivity index (χ1v) is 7.34. The van der Waals surface area contributed by atoms with E-state index < -0.39 is 0 Å². The quantitative estimate of drug-likeness (QED) is 0.854. The molecule has 2 nitrogen and oxygen atoms in total. The van der Waals surface area contributed by atoms with E-state index in [-0.39, 0.29) is 0 Å². The largest absolute Gasteiger partial charge is 0.314 e. The van der Waals surface area contributed by atoms with Crippen LogP contribution in [-0.2, 0) is 12.8 Å². The fourth-order valence-corrected chi connectivity index (χ4v) is 3.47. The molecule has 1 unspecified atom stereocenters. The van der Waals surface area contributed by atoms with Crippen LogP contribution >= 0.6 is 15.9 Å². The zero-order valence-corrected chi connectivity index (χ0v) is 11.7. The van der Waals surface area contributed by atoms with E-state index in [0.29, 0.717) is 0 Å². The molecule has 17 heavy (non-hydrogen) atoms. The van der Waals surface area contributed by atoms with Crippen molar-refractivity contribution in [3.8, 4) is 0 Å². The van der Waals surface area contributed by atoms with Crippen LogP contribution in [0.3, 0.4) is 0 Å². The van der Waals surface area contributed by atoms with E-state index in [1.165, 1.54) is 36.8 Å². The first-order chi connectivity index (χ1) is 8.33. The minimum absolute atomic E-state index is 0.763. The number of piperazine rings is 1. The number of halogens is 1. The van der Waals surface area contributed by atoms with E-state index in [0.717, 1.165) is 19.1 Å². The third-order valence-electron chi connectivity index (χ3n) is 4.04. The Balaban J connectivity index is 1.75. The van der Waals surface area contributed by atoms with Gasteiger partial charge in [0.2, 0.25) is 0 Å². The molecule has 1 aliphatic carbocycles. The van der Waals surface area contributed by atoms with Crippen LogP contribution in [0.1, 0.15) is 17.5 Å². The average Bonchev–Trinajstić information content (AvgIpc) is 2.39. The zero-order valence-electron chi connectivity index (χ0n) is 10.1. The maximum atomic E-state index is 3.58. The fraction of sp³-hybridized carbons (Fsp3) is 0.571. The molecule has 3 heteroatoms. The Morgan fingerprint density at radius 2 is 2.00 bits per heavy atom. The SMILES string of the molecule is Brc1ccc2c(c1)CC(N1CCNCC1)CC2. The van der Waals surface area contributed by atoms with E-state index in [9.17, 15) is 0 Å². The molecule has 0 radical (unpaired) electrons. The summed E-state index contributed by atoms with van der Waals surface area (Å²) in [6, 6.07) is 7.53. The summed E-state index contributed by atoms with van der Waals surface area (Å²) in [6.45, 7) is 4.74. The molecule has 1 fully saturated rings. The van der Waals surface area contributed by atoms with Crippen LogP contribution < -0.4 is 5.32 Å². The second-order valence-corrected chi connectivity index (χ2v) is 6.01. The van der Waals surface area contributed by atoms with Gasteiger partial charge in [-0.25, -0.2) is 0 Å². The summed E-state index contributed by atoms with van der Waals surface area (Å²) in [5.74, 6) is 0. The molecule has 1 aliphatic heterocycles. The second-order valence-electron chi connectivity index (χ2n) is 5.10. The van der Waals surface area contributed by atoms with Crippen LogP contribution in [0.15, 0.2) is 22.7 Å². The van der Waals surface area contributed by atoms with Gasteiger partial charge in [-0.15, -0.1) is 0 Å². The topological polar surface area (TPSA) is 15.3 Å². The highest BCUT2D eigenvalue weighted by molar-refractivity contribution is 9.10. The van der Waals surface area contributed by atoms with Crippen LogP contribution in [0.5, 0.6) is 0 Å². The Labute approximate surface area is 112 Å². The molecule has 1 aromatic carbocycles. The van der Waals surface area contributed by atoms with Crippen LogP contribution in [-0.4, -0.2) is 37.1 Å². The summed E-state index contributed by atoms with van der Waals surface area (Å²) in [7, 11) is 0. The summed E-state index contributed by atoms with van der Waals surface area (Å²) < 4.78 is 1.22. The molecule has 0 saturated carbocycles. The molecule has 1 N–H and O–H groups in total. The summed E-state index contributed by atoms with van der Waals surface area (Å²) in [5, 5.41) is 3.43. The van der Waals surface area contributed by atoms with Crippen molar-refractivity contribution in [3.63, 3.8) is 0 Å². The first kappa shape index (κ1) is 11.7. The van der Waals surface area contributed by atoms with Crippen LogP contribution in [0.2, 0.25) is 0 Å². The molecule has 0 amide bonds. The van der Waals surface area contributed by atoms with E-state index in [2.05, 4.69) is 44.3 Å². The Kier molecular flexibility index (Phi) is 3.50. The van der Waals surface area contributed by atoms with Gasteiger partial charge in [0, 0.05) is 36.7 Å². The lowest BCUT2D eigenvalue weighted by atomic mass is 9.87. The Morgan fingerprint density at radius 1 is 1.18 bits per heavy atom. The van der Waals surface area contributed by atoms with Gasteiger partial charge in [0.1, 0.15) is 0 Å². The predicted octanol–water partition coefficient (Wildman–Crippen LogP) is 2.21. The van der Waals surface area contributed by atoms with Crippen molar-refractivity contribution >= 4 is 15.9 Å². The lowest BCUT2D eigenvalue weighted by molar-refractivity contribution is 0.159. The minimum Gasteiger partial charge on any atom is -0.314 e. The van der Waals surface area contributed by atoms with Gasteiger partial charge in [-0.05, 0) is 42.5 Å². The Morgan fingerprint density at radius 3 is 2.82 bits per heavy atom. The fourth-order valence-electron chi connectivity index (χ4n) is 3.07. The molecular weight excluding hydrogens is 276 g/mol. The molecule has 3 rings (SSSR count). The van der Waals surface area contributed by atoms with Crippen molar-refractivity contribution in [1.82, 2.24) is 10.2 Å². The first-order valence-electron chi connectivity index (χ1n) is 6.55. The van der Waals surface area contributed by atoms with Crippen molar-refractivity contribution < 1.29 is 0 Å². The van der Waals surface area contributed by atoms with Gasteiger partial charge in [0.05, 0.1) is 0 Å². The predicted molar refractivity (Wildman–Crippen MR) is 74.4 cm³/mol. The van der Waals surface area contributed by atoms with E-state index in [4.69, 9.17) is 0 Å². The van der Waals surface area contributed by atoms with Crippen LogP contribution in [0.25, 0.3) is 0 Å². The van der Waals surface area contributed by atoms with Gasteiger partial charge >= 0.3 is 0 Å². The lowest BCUT2D eigenvalue weighted by Gasteiger charge is -2.37. The molecule has 2 aliphatic rings.